The van der Waals surface area contributed by atoms with Gasteiger partial charge in [0.15, 0.2) is 17.3 Å². The van der Waals surface area contributed by atoms with Gasteiger partial charge >= 0.3 is 5.97 Å². The second-order valence-electron chi connectivity index (χ2n) is 8.76. The van der Waals surface area contributed by atoms with Crippen LogP contribution in [0.3, 0.4) is 0 Å². The summed E-state index contributed by atoms with van der Waals surface area (Å²) in [5.74, 6) is 2.00. The van der Waals surface area contributed by atoms with Crippen LogP contribution in [0.5, 0.6) is 17.2 Å². The molecule has 1 atom stereocenters. The number of nitrogens with one attached hydrogen (secondary N) is 1. The number of hydrogen-bond acceptors (Lipinski definition) is 9. The van der Waals surface area contributed by atoms with Gasteiger partial charge in [-0.15, -0.1) is 0 Å². The predicted octanol–water partition coefficient (Wildman–Crippen LogP) is 3.82. The van der Waals surface area contributed by atoms with Crippen molar-refractivity contribution in [2.75, 3.05) is 33.2 Å². The van der Waals surface area contributed by atoms with Crippen LogP contribution in [-0.4, -0.2) is 54.1 Å². The highest BCUT2D eigenvalue weighted by Crippen LogP contribution is 2.41. The van der Waals surface area contributed by atoms with Gasteiger partial charge in [-0.1, -0.05) is 11.2 Å². The molecule has 0 aliphatic carbocycles. The molecular weight excluding hydrogens is 464 g/mol. The summed E-state index contributed by atoms with van der Waals surface area (Å²) >= 11 is 0. The van der Waals surface area contributed by atoms with Crippen LogP contribution in [0.2, 0.25) is 0 Å². The lowest BCUT2D eigenvalue weighted by molar-refractivity contribution is -0.137. The standard InChI is InChI=1S/C26H32N4O6/c1-33-20-12-17(13-21(34-2)25(20)35-3)18(15-24(31)32)14-23-29-22(30-36-23)8-4-7-19-10-9-16-6-5-11-27-26(16)28-19/h9-10,12-13,18H,4-8,11,14-15H2,1-3H3,(H,27,28)(H,31,32). The molecule has 1 unspecified atom stereocenters. The molecule has 10 heteroatoms. The minimum Gasteiger partial charge on any atom is -0.493 e. The van der Waals surface area contributed by atoms with Crippen molar-refractivity contribution in [2.24, 2.45) is 0 Å². The highest BCUT2D eigenvalue weighted by Gasteiger charge is 2.24. The largest absolute Gasteiger partial charge is 0.493 e. The molecule has 2 aromatic heterocycles. The van der Waals surface area contributed by atoms with Crippen LogP contribution in [0.4, 0.5) is 5.82 Å². The molecule has 0 bridgehead atoms. The van der Waals surface area contributed by atoms with Crippen LogP contribution in [0.15, 0.2) is 28.8 Å². The van der Waals surface area contributed by atoms with E-state index in [0.29, 0.717) is 35.4 Å². The molecule has 0 amide bonds. The Labute approximate surface area is 210 Å². The average Bonchev–Trinajstić information content (AvgIpc) is 3.34. The number of pyridine rings is 1. The Morgan fingerprint density at radius 2 is 1.89 bits per heavy atom. The summed E-state index contributed by atoms with van der Waals surface area (Å²) < 4.78 is 21.7. The normalized spacial score (nSPS) is 13.4. The molecule has 10 nitrogen and oxygen atoms in total. The third-order valence-corrected chi connectivity index (χ3v) is 6.30. The lowest BCUT2D eigenvalue weighted by Gasteiger charge is -2.18. The third-order valence-electron chi connectivity index (χ3n) is 6.30. The van der Waals surface area contributed by atoms with Crippen LogP contribution in [0.25, 0.3) is 0 Å². The zero-order valence-electron chi connectivity index (χ0n) is 20.9. The van der Waals surface area contributed by atoms with E-state index < -0.39 is 11.9 Å². The first-order valence-electron chi connectivity index (χ1n) is 12.1. The number of aliphatic carboxylic acids is 1. The number of aromatic nitrogens is 3. The summed E-state index contributed by atoms with van der Waals surface area (Å²) in [5.41, 5.74) is 3.03. The molecule has 0 radical (unpaired) electrons. The molecule has 192 valence electrons. The van der Waals surface area contributed by atoms with E-state index in [1.165, 1.54) is 26.9 Å². The van der Waals surface area contributed by atoms with Crippen molar-refractivity contribution < 1.29 is 28.6 Å². The number of fused-ring (bicyclic) bond motifs is 1. The molecule has 3 heterocycles. The molecule has 1 aliphatic rings. The molecule has 0 saturated carbocycles. The zero-order chi connectivity index (χ0) is 25.5. The number of nitrogens with zero attached hydrogens (tertiary/aromatic N) is 3. The Balaban J connectivity index is 1.42. The SMILES string of the molecule is COc1cc(C(CC(=O)O)Cc2nc(CCCc3ccc4c(n3)NCCC4)no2)cc(OC)c1OC. The second-order valence-corrected chi connectivity index (χ2v) is 8.76. The molecular formula is C26H32N4O6. The maximum Gasteiger partial charge on any atom is 0.303 e. The Bertz CT molecular complexity index is 1170. The summed E-state index contributed by atoms with van der Waals surface area (Å²) in [7, 11) is 4.56. The maximum atomic E-state index is 11.6. The van der Waals surface area contributed by atoms with Gasteiger partial charge in [0.05, 0.1) is 27.8 Å². The molecule has 1 aliphatic heterocycles. The Kier molecular flexibility index (Phi) is 8.24. The zero-order valence-corrected chi connectivity index (χ0v) is 20.9. The van der Waals surface area contributed by atoms with E-state index in [0.717, 1.165) is 49.3 Å². The lowest BCUT2D eigenvalue weighted by atomic mass is 9.91. The average molecular weight is 497 g/mol. The number of methoxy groups -OCH3 is 3. The number of benzene rings is 1. The van der Waals surface area contributed by atoms with Crippen molar-refractivity contribution in [3.05, 3.63) is 52.8 Å². The second kappa shape index (κ2) is 11.7. The quantitative estimate of drug-likeness (QED) is 0.382. The molecule has 3 aromatic rings. The van der Waals surface area contributed by atoms with Gasteiger partial charge in [0, 0.05) is 31.0 Å². The van der Waals surface area contributed by atoms with E-state index in [1.807, 2.05) is 0 Å². The highest BCUT2D eigenvalue weighted by molar-refractivity contribution is 5.68. The van der Waals surface area contributed by atoms with Crippen LogP contribution < -0.4 is 19.5 Å². The van der Waals surface area contributed by atoms with Crippen molar-refractivity contribution in [3.8, 4) is 17.2 Å². The summed E-state index contributed by atoms with van der Waals surface area (Å²) in [6, 6.07) is 7.75. The van der Waals surface area contributed by atoms with Crippen LogP contribution in [0, 0.1) is 0 Å². The van der Waals surface area contributed by atoms with Crippen molar-refractivity contribution >= 4 is 11.8 Å². The minimum absolute atomic E-state index is 0.117. The molecule has 0 fully saturated rings. The van der Waals surface area contributed by atoms with Crippen LogP contribution >= 0.6 is 0 Å². The summed E-state index contributed by atoms with van der Waals surface area (Å²) in [6.07, 6.45) is 4.65. The van der Waals surface area contributed by atoms with E-state index in [2.05, 4.69) is 27.6 Å². The third kappa shape index (κ3) is 6.05. The number of carboxylic acids is 1. The first-order chi connectivity index (χ1) is 17.5. The number of aryl methyl sites for hydroxylation is 3. The van der Waals surface area contributed by atoms with E-state index in [-0.39, 0.29) is 12.8 Å². The van der Waals surface area contributed by atoms with Crippen LogP contribution in [0.1, 0.15) is 53.7 Å². The van der Waals surface area contributed by atoms with E-state index in [9.17, 15) is 9.90 Å². The van der Waals surface area contributed by atoms with Gasteiger partial charge in [-0.3, -0.25) is 4.79 Å². The highest BCUT2D eigenvalue weighted by atomic mass is 16.5. The molecule has 1 aromatic carbocycles. The smallest absolute Gasteiger partial charge is 0.303 e. The van der Waals surface area contributed by atoms with Gasteiger partial charge in [0.1, 0.15) is 5.82 Å². The Hall–Kier alpha value is -3.82. The molecule has 0 spiro atoms. The van der Waals surface area contributed by atoms with Gasteiger partial charge < -0.3 is 29.2 Å². The van der Waals surface area contributed by atoms with Crippen molar-refractivity contribution in [3.63, 3.8) is 0 Å². The number of carbonyl (C=O) groups is 1. The van der Waals surface area contributed by atoms with Crippen molar-refractivity contribution in [1.82, 2.24) is 15.1 Å². The Morgan fingerprint density at radius 1 is 1.11 bits per heavy atom. The fraction of sp³-hybridized carbons (Fsp3) is 0.462. The molecule has 4 rings (SSSR count). The molecule has 36 heavy (non-hydrogen) atoms. The molecule has 0 saturated heterocycles. The summed E-state index contributed by atoms with van der Waals surface area (Å²) in [6.45, 7) is 0.966. The van der Waals surface area contributed by atoms with Crippen LogP contribution in [-0.2, 0) is 30.5 Å². The number of rotatable bonds is 12. The first kappa shape index (κ1) is 25.3. The van der Waals surface area contributed by atoms with E-state index in [4.69, 9.17) is 23.7 Å². The number of anilines is 1. The minimum atomic E-state index is -0.930. The molecule has 2 N–H and O–H groups in total. The van der Waals surface area contributed by atoms with Gasteiger partial charge in [0.25, 0.3) is 0 Å². The topological polar surface area (TPSA) is 129 Å². The fourth-order valence-electron chi connectivity index (χ4n) is 4.48. The number of carboxylic acid groups (broad SMARTS) is 1. The Morgan fingerprint density at radius 3 is 2.58 bits per heavy atom. The van der Waals surface area contributed by atoms with Gasteiger partial charge in [-0.25, -0.2) is 4.98 Å². The van der Waals surface area contributed by atoms with Gasteiger partial charge in [0.2, 0.25) is 11.6 Å². The predicted molar refractivity (Wildman–Crippen MR) is 132 cm³/mol. The summed E-state index contributed by atoms with van der Waals surface area (Å²) in [5, 5.41) is 17.0. The number of hydrogen-bond donors (Lipinski definition) is 2. The maximum absolute atomic E-state index is 11.6. The van der Waals surface area contributed by atoms with E-state index in [1.54, 1.807) is 12.1 Å². The lowest BCUT2D eigenvalue weighted by Crippen LogP contribution is -2.14. The fourth-order valence-corrected chi connectivity index (χ4v) is 4.48. The van der Waals surface area contributed by atoms with Crippen molar-refractivity contribution in [1.29, 1.82) is 0 Å². The summed E-state index contributed by atoms with van der Waals surface area (Å²) in [4.78, 5) is 20.9. The van der Waals surface area contributed by atoms with Crippen molar-refractivity contribution in [2.45, 2.75) is 50.9 Å². The van der Waals surface area contributed by atoms with E-state index >= 15 is 0 Å². The number of ether oxygens (including phenoxy) is 3. The van der Waals surface area contributed by atoms with Gasteiger partial charge in [-0.05, 0) is 55.0 Å². The van der Waals surface area contributed by atoms with Gasteiger partial charge in [-0.2, -0.15) is 4.98 Å². The monoisotopic (exact) mass is 496 g/mol. The first-order valence-corrected chi connectivity index (χ1v) is 12.1.